The molecule has 0 N–H and O–H groups in total. The third-order valence-corrected chi connectivity index (χ3v) is 5.17. The third kappa shape index (κ3) is 2.39. The average molecular weight is 317 g/mol. The van der Waals surface area contributed by atoms with Gasteiger partial charge in [-0.15, -0.1) is 11.3 Å². The van der Waals surface area contributed by atoms with Crippen molar-refractivity contribution in [3.63, 3.8) is 0 Å². The van der Waals surface area contributed by atoms with Gasteiger partial charge in [0.2, 0.25) is 5.88 Å². The highest BCUT2D eigenvalue weighted by Gasteiger charge is 2.21. The second-order valence-electron chi connectivity index (χ2n) is 5.13. The lowest BCUT2D eigenvalue weighted by molar-refractivity contribution is 0.297. The minimum Gasteiger partial charge on any atom is -0.472 e. The minimum absolute atomic E-state index is 0.470. The van der Waals surface area contributed by atoms with Gasteiger partial charge < -0.3 is 4.74 Å². The van der Waals surface area contributed by atoms with Crippen molar-refractivity contribution in [3.05, 3.63) is 51.6 Å². The molecule has 1 aliphatic carbocycles. The van der Waals surface area contributed by atoms with Crippen LogP contribution in [0.25, 0.3) is 10.2 Å². The number of ether oxygens (including phenoxy) is 1. The van der Waals surface area contributed by atoms with Crippen molar-refractivity contribution in [2.75, 3.05) is 0 Å². The number of thiophene rings is 1. The molecule has 0 bridgehead atoms. The lowest BCUT2D eigenvalue weighted by Crippen LogP contribution is -1.98. The summed E-state index contributed by atoms with van der Waals surface area (Å²) < 4.78 is 5.94. The molecule has 2 aromatic heterocycles. The smallest absolute Gasteiger partial charge is 0.225 e. The number of hydrogen-bond donors (Lipinski definition) is 0. The van der Waals surface area contributed by atoms with Gasteiger partial charge in [-0.1, -0.05) is 23.7 Å². The standard InChI is InChI=1S/C16H13ClN2OS/c17-11-4-1-3-10(7-11)8-20-15-14-12-5-2-6-13(12)21-16(14)19-9-18-15/h1,3-4,7,9H,2,5-6,8H2. The maximum Gasteiger partial charge on any atom is 0.225 e. The highest BCUT2D eigenvalue weighted by molar-refractivity contribution is 7.18. The van der Waals surface area contributed by atoms with Crippen molar-refractivity contribution in [2.45, 2.75) is 25.9 Å². The van der Waals surface area contributed by atoms with Crippen molar-refractivity contribution < 1.29 is 4.74 Å². The molecule has 106 valence electrons. The molecule has 0 saturated heterocycles. The van der Waals surface area contributed by atoms with Gasteiger partial charge in [0.25, 0.3) is 0 Å². The molecule has 21 heavy (non-hydrogen) atoms. The van der Waals surface area contributed by atoms with Crippen LogP contribution in [0.1, 0.15) is 22.4 Å². The molecule has 0 fully saturated rings. The highest BCUT2D eigenvalue weighted by atomic mass is 35.5. The van der Waals surface area contributed by atoms with Crippen LogP contribution in [-0.4, -0.2) is 9.97 Å². The Morgan fingerprint density at radius 3 is 3.10 bits per heavy atom. The molecule has 4 rings (SSSR count). The topological polar surface area (TPSA) is 35.0 Å². The Bertz CT molecular complexity index is 815. The Balaban J connectivity index is 1.67. The van der Waals surface area contributed by atoms with Crippen LogP contribution in [0.3, 0.4) is 0 Å². The number of halogens is 1. The zero-order valence-corrected chi connectivity index (χ0v) is 12.9. The van der Waals surface area contributed by atoms with Gasteiger partial charge in [-0.2, -0.15) is 0 Å². The van der Waals surface area contributed by atoms with Crippen LogP contribution in [0.2, 0.25) is 5.02 Å². The van der Waals surface area contributed by atoms with Gasteiger partial charge in [0.05, 0.1) is 5.39 Å². The number of hydrogen-bond acceptors (Lipinski definition) is 4. The Kier molecular flexibility index (Phi) is 3.28. The van der Waals surface area contributed by atoms with Crippen molar-refractivity contribution in [1.82, 2.24) is 9.97 Å². The first-order chi connectivity index (χ1) is 10.3. The van der Waals surface area contributed by atoms with Crippen LogP contribution in [-0.2, 0) is 19.4 Å². The van der Waals surface area contributed by atoms with E-state index in [1.54, 1.807) is 17.7 Å². The van der Waals surface area contributed by atoms with Crippen molar-refractivity contribution in [2.24, 2.45) is 0 Å². The zero-order chi connectivity index (χ0) is 14.2. The molecule has 3 aromatic rings. The maximum atomic E-state index is 6.00. The summed E-state index contributed by atoms with van der Waals surface area (Å²) in [4.78, 5) is 11.2. The van der Waals surface area contributed by atoms with Gasteiger partial charge in [0.15, 0.2) is 0 Å². The molecule has 0 spiro atoms. The lowest BCUT2D eigenvalue weighted by atomic mass is 10.2. The van der Waals surface area contributed by atoms with Gasteiger partial charge in [-0.25, -0.2) is 9.97 Å². The number of aromatic nitrogens is 2. The molecule has 5 heteroatoms. The van der Waals surface area contributed by atoms with Crippen LogP contribution in [0.5, 0.6) is 5.88 Å². The van der Waals surface area contributed by atoms with E-state index in [9.17, 15) is 0 Å². The summed E-state index contributed by atoms with van der Waals surface area (Å²) in [5, 5.41) is 1.83. The number of rotatable bonds is 3. The molecule has 0 aliphatic heterocycles. The predicted octanol–water partition coefficient (Wildman–Crippen LogP) is 4.41. The van der Waals surface area contributed by atoms with E-state index in [2.05, 4.69) is 9.97 Å². The fourth-order valence-electron chi connectivity index (χ4n) is 2.79. The van der Waals surface area contributed by atoms with E-state index >= 15 is 0 Å². The summed E-state index contributed by atoms with van der Waals surface area (Å²) in [5.74, 6) is 0.694. The predicted molar refractivity (Wildman–Crippen MR) is 85.2 cm³/mol. The van der Waals surface area contributed by atoms with Gasteiger partial charge in [-0.05, 0) is 42.5 Å². The molecule has 1 aliphatic rings. The van der Waals surface area contributed by atoms with E-state index in [-0.39, 0.29) is 0 Å². The van der Waals surface area contributed by atoms with Crippen LogP contribution in [0, 0.1) is 0 Å². The second-order valence-corrected chi connectivity index (χ2v) is 6.65. The maximum absolute atomic E-state index is 6.00. The average Bonchev–Trinajstić information content (AvgIpc) is 3.05. The van der Waals surface area contributed by atoms with E-state index in [4.69, 9.17) is 16.3 Å². The van der Waals surface area contributed by atoms with E-state index < -0.39 is 0 Å². The molecule has 0 atom stereocenters. The van der Waals surface area contributed by atoms with Crippen LogP contribution in [0.15, 0.2) is 30.6 Å². The number of nitrogens with zero attached hydrogens (tertiary/aromatic N) is 2. The van der Waals surface area contributed by atoms with E-state index in [0.717, 1.165) is 33.6 Å². The van der Waals surface area contributed by atoms with E-state index in [0.29, 0.717) is 12.5 Å². The van der Waals surface area contributed by atoms with E-state index in [1.807, 2.05) is 24.3 Å². The van der Waals surface area contributed by atoms with Crippen LogP contribution < -0.4 is 4.74 Å². The fourth-order valence-corrected chi connectivity index (χ4v) is 4.22. The quantitative estimate of drug-likeness (QED) is 0.718. The Hall–Kier alpha value is -1.65. The van der Waals surface area contributed by atoms with Gasteiger partial charge in [-0.3, -0.25) is 0 Å². The molecular weight excluding hydrogens is 304 g/mol. The molecule has 0 unspecified atom stereocenters. The number of fused-ring (bicyclic) bond motifs is 3. The molecule has 0 radical (unpaired) electrons. The SMILES string of the molecule is Clc1cccc(COc2ncnc3sc4c(c23)CCC4)c1. The van der Waals surface area contributed by atoms with Gasteiger partial charge in [0.1, 0.15) is 17.8 Å². The van der Waals surface area contributed by atoms with E-state index in [1.165, 1.54) is 16.9 Å². The van der Waals surface area contributed by atoms with Crippen molar-refractivity contribution >= 4 is 33.2 Å². The first kappa shape index (κ1) is 13.0. The third-order valence-electron chi connectivity index (χ3n) is 3.73. The first-order valence-electron chi connectivity index (χ1n) is 6.94. The molecule has 2 heterocycles. The monoisotopic (exact) mass is 316 g/mol. The molecule has 3 nitrogen and oxygen atoms in total. The molecule has 0 amide bonds. The normalized spacial score (nSPS) is 13.6. The summed E-state index contributed by atoms with van der Waals surface area (Å²) in [5.41, 5.74) is 2.43. The van der Waals surface area contributed by atoms with Gasteiger partial charge in [0, 0.05) is 9.90 Å². The summed E-state index contributed by atoms with van der Waals surface area (Å²) in [6.45, 7) is 0.470. The van der Waals surface area contributed by atoms with Crippen molar-refractivity contribution in [3.8, 4) is 5.88 Å². The summed E-state index contributed by atoms with van der Waals surface area (Å²) in [6.07, 6.45) is 5.07. The number of aryl methyl sites for hydroxylation is 2. The molecular formula is C16H13ClN2OS. The second kappa shape index (κ2) is 5.28. The zero-order valence-electron chi connectivity index (χ0n) is 11.3. The molecule has 1 aromatic carbocycles. The van der Waals surface area contributed by atoms with Gasteiger partial charge >= 0.3 is 0 Å². The summed E-state index contributed by atoms with van der Waals surface area (Å²) in [6, 6.07) is 7.71. The Morgan fingerprint density at radius 2 is 2.19 bits per heavy atom. The van der Waals surface area contributed by atoms with Crippen LogP contribution >= 0.6 is 22.9 Å². The fraction of sp³-hybridized carbons (Fsp3) is 0.250. The Morgan fingerprint density at radius 1 is 1.24 bits per heavy atom. The molecule has 0 saturated carbocycles. The number of benzene rings is 1. The lowest BCUT2D eigenvalue weighted by Gasteiger charge is -2.07. The minimum atomic E-state index is 0.470. The van der Waals surface area contributed by atoms with Crippen LogP contribution in [0.4, 0.5) is 0 Å². The largest absolute Gasteiger partial charge is 0.472 e. The Labute approximate surface area is 131 Å². The summed E-state index contributed by atoms with van der Waals surface area (Å²) >= 11 is 7.77. The summed E-state index contributed by atoms with van der Waals surface area (Å²) in [7, 11) is 0. The van der Waals surface area contributed by atoms with Crippen molar-refractivity contribution in [1.29, 1.82) is 0 Å². The first-order valence-corrected chi connectivity index (χ1v) is 8.13. The highest BCUT2D eigenvalue weighted by Crippen LogP contribution is 2.39.